The number of amides is 1. The van der Waals surface area contributed by atoms with Gasteiger partial charge in [0.05, 0.1) is 11.0 Å². The van der Waals surface area contributed by atoms with Crippen LogP contribution >= 0.6 is 11.8 Å². The van der Waals surface area contributed by atoms with Gasteiger partial charge < -0.3 is 5.73 Å². The second-order valence-corrected chi connectivity index (χ2v) is 6.64. The Morgan fingerprint density at radius 2 is 1.81 bits per heavy atom. The average Bonchev–Trinajstić information content (AvgIpc) is 3.08. The third-order valence-corrected chi connectivity index (χ3v) is 4.76. The molecule has 0 bridgehead atoms. The zero-order valence-electron chi connectivity index (χ0n) is 13.4. The van der Waals surface area contributed by atoms with Gasteiger partial charge in [0.1, 0.15) is 5.03 Å². The lowest BCUT2D eigenvalue weighted by molar-refractivity contribution is -0.145. The number of nitrogens with two attached hydrogens (primary N) is 1. The van der Waals surface area contributed by atoms with Gasteiger partial charge in [-0.25, -0.2) is 4.98 Å². The van der Waals surface area contributed by atoms with E-state index >= 15 is 0 Å². The fourth-order valence-electron chi connectivity index (χ4n) is 2.61. The number of aromatic nitrogens is 4. The summed E-state index contributed by atoms with van der Waals surface area (Å²) in [6.07, 6.45) is -4.73. The molecule has 0 fully saturated rings. The van der Waals surface area contributed by atoms with E-state index in [0.29, 0.717) is 0 Å². The number of primary amides is 1. The van der Waals surface area contributed by atoms with E-state index in [9.17, 15) is 18.0 Å². The number of nitrogens with zero attached hydrogens (tertiary/aromatic N) is 4. The van der Waals surface area contributed by atoms with Crippen molar-refractivity contribution >= 4 is 34.3 Å². The molecule has 2 aromatic carbocycles. The van der Waals surface area contributed by atoms with Crippen LogP contribution in [0.5, 0.6) is 0 Å². The van der Waals surface area contributed by atoms with Crippen molar-refractivity contribution in [3.05, 3.63) is 59.9 Å². The summed E-state index contributed by atoms with van der Waals surface area (Å²) < 4.78 is 41.2. The van der Waals surface area contributed by atoms with E-state index in [1.165, 1.54) is 30.0 Å². The minimum atomic E-state index is -4.73. The Balaban J connectivity index is 2.04. The first-order valence-corrected chi connectivity index (χ1v) is 8.45. The smallest absolute Gasteiger partial charge is 0.366 e. The lowest BCUT2D eigenvalue weighted by Gasteiger charge is -2.10. The highest BCUT2D eigenvalue weighted by Gasteiger charge is 2.38. The van der Waals surface area contributed by atoms with Gasteiger partial charge in [-0.2, -0.15) is 13.2 Å². The van der Waals surface area contributed by atoms with E-state index < -0.39 is 17.9 Å². The Labute approximate surface area is 154 Å². The molecule has 6 nitrogen and oxygen atoms in total. The van der Waals surface area contributed by atoms with Crippen LogP contribution in [0.25, 0.3) is 16.7 Å². The quantitative estimate of drug-likeness (QED) is 0.579. The van der Waals surface area contributed by atoms with Crippen molar-refractivity contribution in [2.45, 2.75) is 16.1 Å². The Kier molecular flexibility index (Phi) is 3.99. The van der Waals surface area contributed by atoms with Gasteiger partial charge >= 0.3 is 6.18 Å². The molecule has 27 heavy (non-hydrogen) atoms. The molecule has 10 heteroatoms. The van der Waals surface area contributed by atoms with Gasteiger partial charge in [-0.05, 0) is 30.3 Å². The molecule has 0 aliphatic rings. The van der Waals surface area contributed by atoms with Crippen LogP contribution in [0.1, 0.15) is 16.2 Å². The number of rotatable bonds is 3. The molecule has 0 unspecified atom stereocenters. The van der Waals surface area contributed by atoms with Crippen LogP contribution < -0.4 is 5.73 Å². The van der Waals surface area contributed by atoms with E-state index in [-0.39, 0.29) is 27.3 Å². The van der Waals surface area contributed by atoms with E-state index in [1.807, 2.05) is 30.3 Å². The van der Waals surface area contributed by atoms with Gasteiger partial charge in [0.15, 0.2) is 5.65 Å². The van der Waals surface area contributed by atoms with Crippen molar-refractivity contribution in [1.82, 2.24) is 19.6 Å². The monoisotopic (exact) mass is 389 g/mol. The van der Waals surface area contributed by atoms with Crippen molar-refractivity contribution in [1.29, 1.82) is 0 Å². The normalized spacial score (nSPS) is 12.0. The summed E-state index contributed by atoms with van der Waals surface area (Å²) >= 11 is 1.17. The average molecular weight is 389 g/mol. The predicted octanol–water partition coefficient (Wildman–Crippen LogP) is 3.55. The largest absolute Gasteiger partial charge is 0.452 e. The summed E-state index contributed by atoms with van der Waals surface area (Å²) in [5.74, 6) is -1.95. The fourth-order valence-corrected chi connectivity index (χ4v) is 3.50. The number of fused-ring (bicyclic) bond motifs is 3. The molecule has 4 rings (SSSR count). The van der Waals surface area contributed by atoms with Gasteiger partial charge in [-0.3, -0.25) is 9.20 Å². The Morgan fingerprint density at radius 3 is 2.48 bits per heavy atom. The Morgan fingerprint density at radius 1 is 1.07 bits per heavy atom. The van der Waals surface area contributed by atoms with Crippen LogP contribution in [0.4, 0.5) is 13.2 Å². The summed E-state index contributed by atoms with van der Waals surface area (Å²) in [4.78, 5) is 16.6. The van der Waals surface area contributed by atoms with Crippen LogP contribution in [-0.2, 0) is 6.18 Å². The SMILES string of the molecule is NC(=O)c1ccc2nc(Sc3ccccc3)c3nnc(C(F)(F)F)n3c2c1. The summed E-state index contributed by atoms with van der Waals surface area (Å²) in [7, 11) is 0. The first-order valence-electron chi connectivity index (χ1n) is 7.63. The van der Waals surface area contributed by atoms with E-state index in [4.69, 9.17) is 5.73 Å². The predicted molar refractivity (Wildman–Crippen MR) is 92.4 cm³/mol. The third-order valence-electron chi connectivity index (χ3n) is 3.79. The van der Waals surface area contributed by atoms with Crippen molar-refractivity contribution in [3.8, 4) is 0 Å². The first kappa shape index (κ1) is 17.3. The second-order valence-electron chi connectivity index (χ2n) is 5.58. The number of halogens is 3. The van der Waals surface area contributed by atoms with Crippen LogP contribution in [-0.4, -0.2) is 25.5 Å². The van der Waals surface area contributed by atoms with Crippen molar-refractivity contribution in [2.75, 3.05) is 0 Å². The fraction of sp³-hybridized carbons (Fsp3) is 0.0588. The molecule has 2 heterocycles. The molecule has 0 radical (unpaired) electrons. The van der Waals surface area contributed by atoms with E-state index in [1.54, 1.807) is 0 Å². The van der Waals surface area contributed by atoms with E-state index in [0.717, 1.165) is 9.30 Å². The standard InChI is InChI=1S/C17H10F3N5OS/c18-17(19,20)16-24-23-14-15(27-10-4-2-1-3-5-10)22-11-7-6-9(13(21)26)8-12(11)25(14)16/h1-8H,(H2,21,26). The maximum absolute atomic E-state index is 13.5. The highest BCUT2D eigenvalue weighted by molar-refractivity contribution is 7.99. The summed E-state index contributed by atoms with van der Waals surface area (Å²) in [6.45, 7) is 0. The van der Waals surface area contributed by atoms with Gasteiger partial charge in [0.2, 0.25) is 11.7 Å². The van der Waals surface area contributed by atoms with Crippen molar-refractivity contribution in [3.63, 3.8) is 0 Å². The molecule has 0 saturated heterocycles. The van der Waals surface area contributed by atoms with Crippen molar-refractivity contribution < 1.29 is 18.0 Å². The van der Waals surface area contributed by atoms with Gasteiger partial charge in [0, 0.05) is 10.5 Å². The molecular formula is C17H10F3N5OS. The highest BCUT2D eigenvalue weighted by atomic mass is 32.2. The maximum atomic E-state index is 13.5. The molecule has 1 amide bonds. The van der Waals surface area contributed by atoms with Gasteiger partial charge in [-0.1, -0.05) is 30.0 Å². The van der Waals surface area contributed by atoms with Crippen LogP contribution in [0.3, 0.4) is 0 Å². The van der Waals surface area contributed by atoms with Crippen molar-refractivity contribution in [2.24, 2.45) is 5.73 Å². The molecule has 0 spiro atoms. The number of alkyl halides is 3. The molecule has 4 aromatic rings. The Hall–Kier alpha value is -3.14. The summed E-state index contributed by atoms with van der Waals surface area (Å²) in [6, 6.07) is 13.2. The lowest BCUT2D eigenvalue weighted by Crippen LogP contribution is -2.13. The molecule has 0 atom stereocenters. The number of hydrogen-bond acceptors (Lipinski definition) is 5. The second kappa shape index (κ2) is 6.23. The third kappa shape index (κ3) is 3.08. The summed E-state index contributed by atoms with van der Waals surface area (Å²) in [5.41, 5.74) is 5.58. The number of benzene rings is 2. The summed E-state index contributed by atoms with van der Waals surface area (Å²) in [5, 5.41) is 7.28. The van der Waals surface area contributed by atoms with Gasteiger partial charge in [0.25, 0.3) is 0 Å². The van der Waals surface area contributed by atoms with Gasteiger partial charge in [-0.15, -0.1) is 10.2 Å². The topological polar surface area (TPSA) is 86.2 Å². The minimum Gasteiger partial charge on any atom is -0.366 e. The molecule has 2 aromatic heterocycles. The highest BCUT2D eigenvalue weighted by Crippen LogP contribution is 2.35. The van der Waals surface area contributed by atoms with Crippen LogP contribution in [0.15, 0.2) is 58.5 Å². The molecule has 0 aliphatic heterocycles. The van der Waals surface area contributed by atoms with E-state index in [2.05, 4.69) is 15.2 Å². The zero-order chi connectivity index (χ0) is 19.2. The molecule has 136 valence electrons. The molecule has 2 N–H and O–H groups in total. The van der Waals surface area contributed by atoms with Crippen LogP contribution in [0.2, 0.25) is 0 Å². The molecule has 0 saturated carbocycles. The number of hydrogen-bond donors (Lipinski definition) is 1. The first-order chi connectivity index (χ1) is 12.8. The Bertz CT molecular complexity index is 1170. The lowest BCUT2D eigenvalue weighted by atomic mass is 10.2. The molecular weight excluding hydrogens is 379 g/mol. The molecule has 0 aliphatic carbocycles. The number of carbonyl (C=O) groups is 1. The van der Waals surface area contributed by atoms with Crippen LogP contribution in [0, 0.1) is 0 Å². The maximum Gasteiger partial charge on any atom is 0.452 e. The number of carbonyl (C=O) groups excluding carboxylic acids is 1. The zero-order valence-corrected chi connectivity index (χ0v) is 14.3. The minimum absolute atomic E-state index is 0.0506.